The minimum absolute atomic E-state index is 0.251. The minimum atomic E-state index is -3.03. The number of ether oxygens (including phenoxy) is 1. The highest BCUT2D eigenvalue weighted by Crippen LogP contribution is 2.29. The van der Waals surface area contributed by atoms with Crippen LogP contribution in [0, 0.1) is 5.82 Å². The Morgan fingerprint density at radius 1 is 1.57 bits per heavy atom. The number of pyridine rings is 1. The molecule has 0 N–H and O–H groups in total. The second-order valence-corrected chi connectivity index (χ2v) is 2.37. The maximum absolute atomic E-state index is 13.0. The Bertz CT molecular complexity index is 355. The molecular weight excluding hydrogens is 199 g/mol. The van der Waals surface area contributed by atoms with Crippen LogP contribution in [0.15, 0.2) is 6.07 Å². The quantitative estimate of drug-likeness (QED) is 0.708. The molecule has 3 nitrogen and oxygen atoms in total. The van der Waals surface area contributed by atoms with Crippen LogP contribution in [0.4, 0.5) is 13.2 Å². The van der Waals surface area contributed by atoms with Crippen molar-refractivity contribution in [2.24, 2.45) is 0 Å². The van der Waals surface area contributed by atoms with Gasteiger partial charge in [0.1, 0.15) is 17.1 Å². The van der Waals surface area contributed by atoms with Gasteiger partial charge in [0.2, 0.25) is 5.88 Å². The monoisotopic (exact) mass is 205 g/mol. The number of carbonyl (C=O) groups excluding carboxylic acids is 1. The molecule has 0 fully saturated rings. The third kappa shape index (κ3) is 1.84. The summed E-state index contributed by atoms with van der Waals surface area (Å²) in [5.74, 6) is -1.77. The second-order valence-electron chi connectivity index (χ2n) is 2.37. The Balaban J connectivity index is 3.34. The lowest BCUT2D eigenvalue weighted by molar-refractivity contribution is 0.111. The van der Waals surface area contributed by atoms with Crippen molar-refractivity contribution in [3.05, 3.63) is 23.1 Å². The first-order chi connectivity index (χ1) is 6.60. The summed E-state index contributed by atoms with van der Waals surface area (Å²) in [4.78, 5) is 13.6. The number of nitrogens with zero attached hydrogens (tertiary/aromatic N) is 1. The highest BCUT2D eigenvalue weighted by molar-refractivity contribution is 5.72. The van der Waals surface area contributed by atoms with Crippen LogP contribution < -0.4 is 4.74 Å². The molecule has 76 valence electrons. The van der Waals surface area contributed by atoms with Crippen LogP contribution in [-0.4, -0.2) is 18.4 Å². The van der Waals surface area contributed by atoms with E-state index in [1.54, 1.807) is 0 Å². The van der Waals surface area contributed by atoms with Crippen LogP contribution in [0.2, 0.25) is 0 Å². The van der Waals surface area contributed by atoms with Crippen LogP contribution in [0.3, 0.4) is 0 Å². The van der Waals surface area contributed by atoms with Crippen LogP contribution >= 0.6 is 0 Å². The van der Waals surface area contributed by atoms with Gasteiger partial charge in [0.25, 0.3) is 6.43 Å². The van der Waals surface area contributed by atoms with Gasteiger partial charge in [-0.3, -0.25) is 4.79 Å². The molecule has 0 aromatic carbocycles. The summed E-state index contributed by atoms with van der Waals surface area (Å²) in [5.41, 5.74) is -1.22. The van der Waals surface area contributed by atoms with Gasteiger partial charge in [-0.2, -0.15) is 0 Å². The van der Waals surface area contributed by atoms with Gasteiger partial charge in [0.05, 0.1) is 7.11 Å². The number of aromatic nitrogens is 1. The topological polar surface area (TPSA) is 39.2 Å². The van der Waals surface area contributed by atoms with Crippen molar-refractivity contribution in [2.45, 2.75) is 6.43 Å². The van der Waals surface area contributed by atoms with Gasteiger partial charge in [-0.25, -0.2) is 18.2 Å². The summed E-state index contributed by atoms with van der Waals surface area (Å²) >= 11 is 0. The maximum atomic E-state index is 13.0. The summed E-state index contributed by atoms with van der Waals surface area (Å²) in [6.45, 7) is 0. The third-order valence-corrected chi connectivity index (χ3v) is 1.53. The smallest absolute Gasteiger partial charge is 0.271 e. The lowest BCUT2D eigenvalue weighted by atomic mass is 10.2. The molecule has 1 heterocycles. The predicted octanol–water partition coefficient (Wildman–Crippen LogP) is 1.98. The van der Waals surface area contributed by atoms with Crippen molar-refractivity contribution in [1.82, 2.24) is 4.98 Å². The molecule has 0 unspecified atom stereocenters. The lowest BCUT2D eigenvalue weighted by Gasteiger charge is -2.07. The molecule has 0 radical (unpaired) electrons. The molecule has 0 aliphatic carbocycles. The number of hydrogen-bond donors (Lipinski definition) is 0. The Kier molecular flexibility index (Phi) is 3.06. The highest BCUT2D eigenvalue weighted by Gasteiger charge is 2.21. The molecule has 1 rings (SSSR count). The minimum Gasteiger partial charge on any atom is -0.481 e. The van der Waals surface area contributed by atoms with E-state index in [1.165, 1.54) is 0 Å². The van der Waals surface area contributed by atoms with E-state index in [4.69, 9.17) is 0 Å². The first-order valence-corrected chi connectivity index (χ1v) is 3.58. The number of rotatable bonds is 3. The van der Waals surface area contributed by atoms with Gasteiger partial charge in [-0.05, 0) is 0 Å². The number of aldehydes is 1. The summed E-state index contributed by atoms with van der Waals surface area (Å²) < 4.78 is 41.9. The molecule has 0 aliphatic heterocycles. The van der Waals surface area contributed by atoms with E-state index >= 15 is 0 Å². The Morgan fingerprint density at radius 3 is 2.64 bits per heavy atom. The summed E-state index contributed by atoms with van der Waals surface area (Å²) in [5, 5.41) is 0. The standard InChI is InChI=1S/C8H6F3NO2/c1-14-8-6(7(10)11)5(9)2-4(3-13)12-8/h2-3,7H,1H3. The molecule has 0 bridgehead atoms. The van der Waals surface area contributed by atoms with Crippen molar-refractivity contribution >= 4 is 6.29 Å². The average molecular weight is 205 g/mol. The van der Waals surface area contributed by atoms with Crippen molar-refractivity contribution in [2.75, 3.05) is 7.11 Å². The van der Waals surface area contributed by atoms with E-state index in [-0.39, 0.29) is 12.0 Å². The number of methoxy groups -OCH3 is 1. The fourth-order valence-corrected chi connectivity index (χ4v) is 0.933. The molecule has 6 heteroatoms. The Morgan fingerprint density at radius 2 is 2.21 bits per heavy atom. The predicted molar refractivity (Wildman–Crippen MR) is 41.1 cm³/mol. The van der Waals surface area contributed by atoms with Gasteiger partial charge in [-0.15, -0.1) is 0 Å². The first-order valence-electron chi connectivity index (χ1n) is 3.58. The third-order valence-electron chi connectivity index (χ3n) is 1.53. The zero-order valence-corrected chi connectivity index (χ0v) is 7.13. The summed E-state index contributed by atoms with van der Waals surface area (Å²) in [6.07, 6.45) is -2.78. The van der Waals surface area contributed by atoms with Crippen LogP contribution in [0.1, 0.15) is 22.5 Å². The fourth-order valence-electron chi connectivity index (χ4n) is 0.933. The summed E-state index contributed by atoms with van der Waals surface area (Å²) in [7, 11) is 1.07. The molecule has 1 aromatic heterocycles. The molecule has 0 amide bonds. The molecule has 0 spiro atoms. The molecule has 0 atom stereocenters. The van der Waals surface area contributed by atoms with Gasteiger partial charge in [0, 0.05) is 6.07 Å². The fraction of sp³-hybridized carbons (Fsp3) is 0.250. The van der Waals surface area contributed by atoms with E-state index in [1.807, 2.05) is 0 Å². The van der Waals surface area contributed by atoms with Crippen LogP contribution in [-0.2, 0) is 0 Å². The molecule has 0 saturated heterocycles. The number of hydrogen-bond acceptors (Lipinski definition) is 3. The van der Waals surface area contributed by atoms with E-state index in [0.29, 0.717) is 6.07 Å². The zero-order valence-electron chi connectivity index (χ0n) is 7.13. The first kappa shape index (κ1) is 10.5. The molecule has 0 saturated carbocycles. The maximum Gasteiger partial charge on any atom is 0.271 e. The van der Waals surface area contributed by atoms with Gasteiger partial charge < -0.3 is 4.74 Å². The van der Waals surface area contributed by atoms with Crippen molar-refractivity contribution in [1.29, 1.82) is 0 Å². The number of carbonyl (C=O) groups is 1. The van der Waals surface area contributed by atoms with E-state index in [2.05, 4.69) is 9.72 Å². The van der Waals surface area contributed by atoms with Crippen LogP contribution in [0.5, 0.6) is 5.88 Å². The number of alkyl halides is 2. The van der Waals surface area contributed by atoms with Gasteiger partial charge in [-0.1, -0.05) is 0 Å². The Hall–Kier alpha value is -1.59. The van der Waals surface area contributed by atoms with Crippen molar-refractivity contribution in [3.8, 4) is 5.88 Å². The van der Waals surface area contributed by atoms with Gasteiger partial charge >= 0.3 is 0 Å². The van der Waals surface area contributed by atoms with Crippen molar-refractivity contribution in [3.63, 3.8) is 0 Å². The largest absolute Gasteiger partial charge is 0.481 e. The van der Waals surface area contributed by atoms with Gasteiger partial charge in [0.15, 0.2) is 6.29 Å². The van der Waals surface area contributed by atoms with E-state index in [9.17, 15) is 18.0 Å². The SMILES string of the molecule is COc1nc(C=O)cc(F)c1C(F)F. The number of halogens is 3. The lowest BCUT2D eigenvalue weighted by Crippen LogP contribution is -2.02. The zero-order chi connectivity index (χ0) is 10.7. The van der Waals surface area contributed by atoms with Crippen LogP contribution in [0.25, 0.3) is 0 Å². The molecule has 14 heavy (non-hydrogen) atoms. The summed E-state index contributed by atoms with van der Waals surface area (Å²) in [6, 6.07) is 0.636. The van der Waals surface area contributed by atoms with E-state index < -0.39 is 23.7 Å². The molecular formula is C8H6F3NO2. The molecule has 1 aromatic rings. The van der Waals surface area contributed by atoms with Crippen molar-refractivity contribution < 1.29 is 22.7 Å². The highest BCUT2D eigenvalue weighted by atomic mass is 19.3. The molecule has 0 aliphatic rings. The normalized spacial score (nSPS) is 10.4. The van der Waals surface area contributed by atoms with E-state index in [0.717, 1.165) is 7.11 Å². The average Bonchev–Trinajstić information content (AvgIpc) is 2.15. The second kappa shape index (κ2) is 4.08. The Labute approximate surface area is 77.5 Å².